The van der Waals surface area contributed by atoms with Crippen LogP contribution in [0.4, 0.5) is 5.69 Å². The number of carbonyl (C=O) groups is 1. The highest BCUT2D eigenvalue weighted by Gasteiger charge is 2.23. The van der Waals surface area contributed by atoms with Crippen molar-refractivity contribution in [2.24, 2.45) is 0 Å². The van der Waals surface area contributed by atoms with Crippen LogP contribution in [0.5, 0.6) is 0 Å². The normalized spacial score (nSPS) is 20.1. The second kappa shape index (κ2) is 5.94. The van der Waals surface area contributed by atoms with Crippen LogP contribution in [0.25, 0.3) is 0 Å². The van der Waals surface area contributed by atoms with E-state index in [-0.39, 0.29) is 17.4 Å². The van der Waals surface area contributed by atoms with Gasteiger partial charge in [-0.3, -0.25) is 9.69 Å². The van der Waals surface area contributed by atoms with Gasteiger partial charge in [-0.15, -0.1) is 0 Å². The lowest BCUT2D eigenvalue weighted by atomic mass is 9.86. The maximum atomic E-state index is 12.1. The summed E-state index contributed by atoms with van der Waals surface area (Å²) in [4.78, 5) is 14.1. The lowest BCUT2D eigenvalue weighted by Crippen LogP contribution is -2.32. The van der Waals surface area contributed by atoms with Gasteiger partial charge in [0.15, 0.2) is 0 Å². The summed E-state index contributed by atoms with van der Waals surface area (Å²) in [6.07, 6.45) is 0.468. The molecule has 1 aliphatic rings. The average Bonchev–Trinajstić information content (AvgIpc) is 2.73. The molecule has 1 heterocycles. The molecule has 0 bridgehead atoms. The third-order valence-electron chi connectivity index (χ3n) is 3.62. The summed E-state index contributed by atoms with van der Waals surface area (Å²) >= 11 is 0. The fraction of sp³-hybridized carbons (Fsp3) is 0.562. The molecule has 1 aliphatic heterocycles. The number of hydrogen-bond donors (Lipinski definition) is 2. The Morgan fingerprint density at radius 1 is 1.40 bits per heavy atom. The number of anilines is 1. The Labute approximate surface area is 120 Å². The van der Waals surface area contributed by atoms with Crippen LogP contribution in [0.3, 0.4) is 0 Å². The first kappa shape index (κ1) is 15.0. The van der Waals surface area contributed by atoms with Crippen molar-refractivity contribution in [3.05, 3.63) is 29.8 Å². The largest absolute Gasteiger partial charge is 0.392 e. The number of carbonyl (C=O) groups excluding carboxylic acids is 1. The molecule has 1 aromatic rings. The summed E-state index contributed by atoms with van der Waals surface area (Å²) in [6.45, 7) is 8.12. The van der Waals surface area contributed by atoms with Gasteiger partial charge in [0, 0.05) is 18.8 Å². The van der Waals surface area contributed by atoms with Crippen LogP contribution in [-0.4, -0.2) is 41.7 Å². The van der Waals surface area contributed by atoms with Crippen LogP contribution in [0.15, 0.2) is 24.3 Å². The SMILES string of the molecule is CC(C)(C)c1ccccc1NC(=O)CN1CC[C@H](O)C1. The van der Waals surface area contributed by atoms with E-state index < -0.39 is 0 Å². The highest BCUT2D eigenvalue weighted by Crippen LogP contribution is 2.29. The molecule has 1 fully saturated rings. The predicted octanol–water partition coefficient (Wildman–Crippen LogP) is 1.99. The summed E-state index contributed by atoms with van der Waals surface area (Å²) in [5.41, 5.74) is 2.01. The molecule has 0 saturated carbocycles. The number of likely N-dealkylation sites (tertiary alicyclic amines) is 1. The topological polar surface area (TPSA) is 52.6 Å². The maximum absolute atomic E-state index is 12.1. The van der Waals surface area contributed by atoms with Gasteiger partial charge in [-0.25, -0.2) is 0 Å². The van der Waals surface area contributed by atoms with E-state index in [1.807, 2.05) is 23.1 Å². The first-order valence-electron chi connectivity index (χ1n) is 7.16. The first-order valence-corrected chi connectivity index (χ1v) is 7.16. The molecule has 2 rings (SSSR count). The molecular weight excluding hydrogens is 252 g/mol. The Bertz CT molecular complexity index is 480. The smallest absolute Gasteiger partial charge is 0.238 e. The van der Waals surface area contributed by atoms with Crippen LogP contribution in [-0.2, 0) is 10.2 Å². The second-order valence-corrected chi connectivity index (χ2v) is 6.52. The molecule has 1 aromatic carbocycles. The van der Waals surface area contributed by atoms with Crippen LogP contribution >= 0.6 is 0 Å². The third-order valence-corrected chi connectivity index (χ3v) is 3.62. The number of rotatable bonds is 3. The molecule has 0 spiro atoms. The van der Waals surface area contributed by atoms with Crippen molar-refractivity contribution in [3.8, 4) is 0 Å². The van der Waals surface area contributed by atoms with Crippen molar-refractivity contribution in [1.82, 2.24) is 4.90 Å². The van der Waals surface area contributed by atoms with Gasteiger partial charge in [0.1, 0.15) is 0 Å². The fourth-order valence-corrected chi connectivity index (χ4v) is 2.59. The van der Waals surface area contributed by atoms with Gasteiger partial charge in [0.25, 0.3) is 0 Å². The Hall–Kier alpha value is -1.39. The molecule has 4 nitrogen and oxygen atoms in total. The first-order chi connectivity index (χ1) is 9.36. The van der Waals surface area contributed by atoms with Gasteiger partial charge in [0.05, 0.1) is 12.6 Å². The zero-order valence-corrected chi connectivity index (χ0v) is 12.5. The fourth-order valence-electron chi connectivity index (χ4n) is 2.59. The molecule has 2 N–H and O–H groups in total. The van der Waals surface area contributed by atoms with Gasteiger partial charge in [-0.05, 0) is 23.5 Å². The minimum atomic E-state index is -0.287. The Kier molecular flexibility index (Phi) is 4.45. The van der Waals surface area contributed by atoms with Gasteiger partial charge in [-0.2, -0.15) is 0 Å². The molecule has 1 saturated heterocycles. The standard InChI is InChI=1S/C16H24N2O2/c1-16(2,3)13-6-4-5-7-14(13)17-15(20)11-18-9-8-12(19)10-18/h4-7,12,19H,8-11H2,1-3H3,(H,17,20)/t12-/m0/s1. The number of aliphatic hydroxyl groups is 1. The van der Waals surface area contributed by atoms with Crippen molar-refractivity contribution in [1.29, 1.82) is 0 Å². The molecule has 20 heavy (non-hydrogen) atoms. The van der Waals surface area contributed by atoms with Crippen molar-refractivity contribution in [3.63, 3.8) is 0 Å². The molecule has 0 aromatic heterocycles. The van der Waals surface area contributed by atoms with E-state index in [4.69, 9.17) is 0 Å². The van der Waals surface area contributed by atoms with E-state index in [0.717, 1.165) is 24.2 Å². The number of amides is 1. The Morgan fingerprint density at radius 3 is 2.70 bits per heavy atom. The summed E-state index contributed by atoms with van der Waals surface area (Å²) in [7, 11) is 0. The van der Waals surface area contributed by atoms with Crippen molar-refractivity contribution < 1.29 is 9.90 Å². The lowest BCUT2D eigenvalue weighted by Gasteiger charge is -2.23. The number of hydrogen-bond acceptors (Lipinski definition) is 3. The number of aliphatic hydroxyl groups excluding tert-OH is 1. The van der Waals surface area contributed by atoms with Crippen molar-refractivity contribution in [2.75, 3.05) is 25.0 Å². The van der Waals surface area contributed by atoms with Gasteiger partial charge >= 0.3 is 0 Å². The number of benzene rings is 1. The molecule has 110 valence electrons. The Balaban J connectivity index is 2.01. The van der Waals surface area contributed by atoms with Crippen LogP contribution < -0.4 is 5.32 Å². The van der Waals surface area contributed by atoms with Crippen LogP contribution in [0, 0.1) is 0 Å². The molecular formula is C16H24N2O2. The van der Waals surface area contributed by atoms with E-state index in [9.17, 15) is 9.90 Å². The van der Waals surface area contributed by atoms with Crippen LogP contribution in [0.1, 0.15) is 32.8 Å². The van der Waals surface area contributed by atoms with Crippen molar-refractivity contribution >= 4 is 11.6 Å². The van der Waals surface area contributed by atoms with E-state index in [0.29, 0.717) is 13.1 Å². The molecule has 0 aliphatic carbocycles. The van der Waals surface area contributed by atoms with Crippen LogP contribution in [0.2, 0.25) is 0 Å². The van der Waals surface area contributed by atoms with Gasteiger partial charge in [-0.1, -0.05) is 39.0 Å². The number of nitrogens with one attached hydrogen (secondary N) is 1. The molecule has 0 unspecified atom stereocenters. The van der Waals surface area contributed by atoms with Gasteiger partial charge < -0.3 is 10.4 Å². The number of nitrogens with zero attached hydrogens (tertiary/aromatic N) is 1. The Morgan fingerprint density at radius 2 is 2.10 bits per heavy atom. The zero-order chi connectivity index (χ0) is 14.8. The van der Waals surface area contributed by atoms with Crippen molar-refractivity contribution in [2.45, 2.75) is 38.7 Å². The summed E-state index contributed by atoms with van der Waals surface area (Å²) in [5.74, 6) is -0.0178. The molecule has 1 amide bonds. The molecule has 4 heteroatoms. The lowest BCUT2D eigenvalue weighted by molar-refractivity contribution is -0.117. The number of para-hydroxylation sites is 1. The number of β-amino-alcohol motifs (C(OH)–C–C–N with tert-alkyl or cyclic N) is 1. The highest BCUT2D eigenvalue weighted by atomic mass is 16.3. The maximum Gasteiger partial charge on any atom is 0.238 e. The van der Waals surface area contributed by atoms with E-state index in [1.54, 1.807) is 0 Å². The van der Waals surface area contributed by atoms with E-state index in [1.165, 1.54) is 0 Å². The highest BCUT2D eigenvalue weighted by molar-refractivity contribution is 5.93. The predicted molar refractivity (Wildman–Crippen MR) is 80.8 cm³/mol. The zero-order valence-electron chi connectivity index (χ0n) is 12.5. The monoisotopic (exact) mass is 276 g/mol. The average molecular weight is 276 g/mol. The van der Waals surface area contributed by atoms with E-state index in [2.05, 4.69) is 32.2 Å². The minimum Gasteiger partial charge on any atom is -0.392 e. The molecule has 0 radical (unpaired) electrons. The quantitative estimate of drug-likeness (QED) is 0.887. The molecule has 1 atom stereocenters. The summed E-state index contributed by atoms with van der Waals surface area (Å²) in [6, 6.07) is 7.92. The minimum absolute atomic E-state index is 0.00624. The second-order valence-electron chi connectivity index (χ2n) is 6.52. The summed E-state index contributed by atoms with van der Waals surface area (Å²) < 4.78 is 0. The third kappa shape index (κ3) is 3.81. The van der Waals surface area contributed by atoms with Gasteiger partial charge in [0.2, 0.25) is 5.91 Å². The van der Waals surface area contributed by atoms with E-state index >= 15 is 0 Å². The summed E-state index contributed by atoms with van der Waals surface area (Å²) in [5, 5.41) is 12.5.